The summed E-state index contributed by atoms with van der Waals surface area (Å²) in [6.07, 6.45) is 0. The largest absolute Gasteiger partial charge is 0.497 e. The summed E-state index contributed by atoms with van der Waals surface area (Å²) in [7, 11) is 1.59. The minimum absolute atomic E-state index is 0.228. The van der Waals surface area contributed by atoms with Gasteiger partial charge >= 0.3 is 6.03 Å². The summed E-state index contributed by atoms with van der Waals surface area (Å²) in [5.41, 5.74) is 1.22. The molecule has 23 heavy (non-hydrogen) atoms. The summed E-state index contributed by atoms with van der Waals surface area (Å²) in [6, 6.07) is 13.5. The van der Waals surface area contributed by atoms with Gasteiger partial charge in [0, 0.05) is 23.5 Å². The van der Waals surface area contributed by atoms with Gasteiger partial charge in [-0.25, -0.2) is 9.18 Å². The van der Waals surface area contributed by atoms with E-state index in [1.54, 1.807) is 66.2 Å². The number of hydrogen-bond acceptors (Lipinski definition) is 3. The Kier molecular flexibility index (Phi) is 4.71. The Balaban J connectivity index is 1.74. The summed E-state index contributed by atoms with van der Waals surface area (Å²) in [5, 5.41) is 2.55. The molecule has 0 unspecified atom stereocenters. The zero-order valence-corrected chi connectivity index (χ0v) is 13.5. The Bertz CT molecular complexity index is 693. The second kappa shape index (κ2) is 6.91. The molecule has 0 spiro atoms. The van der Waals surface area contributed by atoms with Crippen molar-refractivity contribution < 1.29 is 13.9 Å². The molecule has 120 valence electrons. The van der Waals surface area contributed by atoms with Crippen molar-refractivity contribution >= 4 is 23.5 Å². The van der Waals surface area contributed by atoms with Crippen molar-refractivity contribution in [2.75, 3.05) is 24.7 Å². The van der Waals surface area contributed by atoms with Gasteiger partial charge in [-0.1, -0.05) is 18.2 Å². The maximum Gasteiger partial charge on any atom is 0.323 e. The first-order valence-corrected chi connectivity index (χ1v) is 8.31. The van der Waals surface area contributed by atoms with Gasteiger partial charge in [-0.2, -0.15) is 0 Å². The molecule has 6 heteroatoms. The molecule has 1 N–H and O–H groups in total. The van der Waals surface area contributed by atoms with Gasteiger partial charge in [0.1, 0.15) is 16.9 Å². The monoisotopic (exact) mass is 332 g/mol. The predicted octanol–water partition coefficient (Wildman–Crippen LogP) is 4.11. The molecule has 1 aliphatic heterocycles. The second-order valence-electron chi connectivity index (χ2n) is 5.10. The van der Waals surface area contributed by atoms with E-state index in [-0.39, 0.29) is 17.2 Å². The third kappa shape index (κ3) is 3.42. The van der Waals surface area contributed by atoms with E-state index in [4.69, 9.17) is 4.74 Å². The van der Waals surface area contributed by atoms with Gasteiger partial charge in [-0.05, 0) is 30.3 Å². The number of ether oxygens (including phenoxy) is 1. The number of hydrogen-bond donors (Lipinski definition) is 1. The van der Waals surface area contributed by atoms with Crippen LogP contribution < -0.4 is 10.1 Å². The van der Waals surface area contributed by atoms with Crippen LogP contribution in [0, 0.1) is 5.82 Å². The number of amides is 2. The summed E-state index contributed by atoms with van der Waals surface area (Å²) in [4.78, 5) is 14.2. The maximum absolute atomic E-state index is 14.0. The van der Waals surface area contributed by atoms with Crippen molar-refractivity contribution in [1.29, 1.82) is 0 Å². The highest BCUT2D eigenvalue weighted by atomic mass is 32.2. The lowest BCUT2D eigenvalue weighted by atomic mass is 10.2. The lowest BCUT2D eigenvalue weighted by Gasteiger charge is -2.24. The van der Waals surface area contributed by atoms with Gasteiger partial charge in [0.25, 0.3) is 0 Å². The molecular weight excluding hydrogens is 315 g/mol. The Morgan fingerprint density at radius 3 is 2.70 bits per heavy atom. The fraction of sp³-hybridized carbons (Fsp3) is 0.235. The van der Waals surface area contributed by atoms with Crippen LogP contribution in [0.1, 0.15) is 10.9 Å². The van der Waals surface area contributed by atoms with Crippen molar-refractivity contribution in [1.82, 2.24) is 4.90 Å². The minimum Gasteiger partial charge on any atom is -0.497 e. The highest BCUT2D eigenvalue weighted by Gasteiger charge is 2.32. The van der Waals surface area contributed by atoms with E-state index in [1.165, 1.54) is 6.07 Å². The molecule has 2 amide bonds. The third-order valence-corrected chi connectivity index (χ3v) is 4.91. The lowest BCUT2D eigenvalue weighted by Crippen LogP contribution is -2.34. The number of halogens is 1. The first-order valence-electron chi connectivity index (χ1n) is 7.27. The number of methoxy groups -OCH3 is 1. The van der Waals surface area contributed by atoms with Crippen molar-refractivity contribution in [2.45, 2.75) is 5.37 Å². The molecule has 4 nitrogen and oxygen atoms in total. The van der Waals surface area contributed by atoms with E-state index in [9.17, 15) is 9.18 Å². The Morgan fingerprint density at radius 1 is 1.26 bits per heavy atom. The summed E-state index contributed by atoms with van der Waals surface area (Å²) in [6.45, 7) is 0.589. The molecule has 1 aliphatic rings. The number of thioether (sulfide) groups is 1. The first kappa shape index (κ1) is 15.7. The zero-order chi connectivity index (χ0) is 16.2. The van der Waals surface area contributed by atoms with Crippen LogP contribution in [0.4, 0.5) is 14.9 Å². The highest BCUT2D eigenvalue weighted by molar-refractivity contribution is 7.99. The number of benzene rings is 2. The molecule has 0 aliphatic carbocycles. The van der Waals surface area contributed by atoms with Crippen molar-refractivity contribution in [3.63, 3.8) is 0 Å². The molecule has 0 radical (unpaired) electrons. The van der Waals surface area contributed by atoms with Crippen LogP contribution >= 0.6 is 11.8 Å². The third-order valence-electron chi connectivity index (χ3n) is 3.66. The zero-order valence-electron chi connectivity index (χ0n) is 12.7. The molecule has 1 fully saturated rings. The predicted molar refractivity (Wildman–Crippen MR) is 90.3 cm³/mol. The van der Waals surface area contributed by atoms with Crippen molar-refractivity contribution in [3.8, 4) is 5.75 Å². The topological polar surface area (TPSA) is 41.6 Å². The van der Waals surface area contributed by atoms with Gasteiger partial charge in [0.15, 0.2) is 0 Å². The first-order chi connectivity index (χ1) is 11.2. The molecular formula is C17H17FN2O2S. The van der Waals surface area contributed by atoms with Gasteiger partial charge in [0.05, 0.1) is 7.11 Å². The van der Waals surface area contributed by atoms with Crippen molar-refractivity contribution in [2.24, 2.45) is 0 Å². The standard InChI is InChI=1S/C17H17FN2O2S/c1-22-13-8-6-12(7-9-13)19-17(21)20-10-11-23-16(20)14-4-2-3-5-15(14)18/h2-9,16H,10-11H2,1H3,(H,19,21)/t16-/m0/s1. The molecule has 0 saturated carbocycles. The van der Waals surface area contributed by atoms with Gasteiger partial charge in [0.2, 0.25) is 0 Å². The highest BCUT2D eigenvalue weighted by Crippen LogP contribution is 2.39. The van der Waals surface area contributed by atoms with Gasteiger partial charge < -0.3 is 15.0 Å². The average Bonchev–Trinajstić information content (AvgIpc) is 3.05. The molecule has 3 rings (SSSR count). The fourth-order valence-electron chi connectivity index (χ4n) is 2.48. The SMILES string of the molecule is COc1ccc(NC(=O)N2CCS[C@H]2c2ccccc2F)cc1. The summed E-state index contributed by atoms with van der Waals surface area (Å²) in [5.74, 6) is 1.23. The molecule has 0 bridgehead atoms. The van der Waals surface area contributed by atoms with E-state index in [0.29, 0.717) is 17.8 Å². The maximum atomic E-state index is 14.0. The molecule has 1 heterocycles. The van der Waals surface area contributed by atoms with Crippen LogP contribution in [0.15, 0.2) is 48.5 Å². The number of carbonyl (C=O) groups is 1. The molecule has 0 aromatic heterocycles. The van der Waals surface area contributed by atoms with Crippen molar-refractivity contribution in [3.05, 3.63) is 59.9 Å². The smallest absolute Gasteiger partial charge is 0.323 e. The number of nitrogens with one attached hydrogen (secondary N) is 1. The molecule has 1 saturated heterocycles. The average molecular weight is 332 g/mol. The van der Waals surface area contributed by atoms with E-state index in [1.807, 2.05) is 0 Å². The molecule has 2 aromatic carbocycles. The Labute approximate surface area is 138 Å². The number of rotatable bonds is 3. The normalized spacial score (nSPS) is 17.1. The quantitative estimate of drug-likeness (QED) is 0.919. The second-order valence-corrected chi connectivity index (χ2v) is 6.28. The van der Waals surface area contributed by atoms with E-state index >= 15 is 0 Å². The van der Waals surface area contributed by atoms with E-state index in [2.05, 4.69) is 5.32 Å². The Hall–Kier alpha value is -2.21. The van der Waals surface area contributed by atoms with Gasteiger partial charge in [-0.15, -0.1) is 11.8 Å². The lowest BCUT2D eigenvalue weighted by molar-refractivity contribution is 0.213. The molecule has 2 aromatic rings. The number of nitrogens with zero attached hydrogens (tertiary/aromatic N) is 1. The summed E-state index contributed by atoms with van der Waals surface area (Å²) < 4.78 is 19.1. The minimum atomic E-state index is -0.297. The number of anilines is 1. The van der Waals surface area contributed by atoms with Crippen LogP contribution in [0.25, 0.3) is 0 Å². The summed E-state index contributed by atoms with van der Waals surface area (Å²) >= 11 is 1.57. The number of carbonyl (C=O) groups excluding carboxylic acids is 1. The van der Waals surface area contributed by atoms with Crippen LogP contribution in [0.3, 0.4) is 0 Å². The fourth-order valence-corrected chi connectivity index (χ4v) is 3.76. The van der Waals surface area contributed by atoms with Crippen LogP contribution in [0.5, 0.6) is 5.75 Å². The number of urea groups is 1. The van der Waals surface area contributed by atoms with Gasteiger partial charge in [-0.3, -0.25) is 0 Å². The van der Waals surface area contributed by atoms with Crippen LogP contribution in [-0.4, -0.2) is 30.3 Å². The van der Waals surface area contributed by atoms with E-state index in [0.717, 1.165) is 11.5 Å². The van der Waals surface area contributed by atoms with E-state index < -0.39 is 0 Å². The van der Waals surface area contributed by atoms with Crippen LogP contribution in [-0.2, 0) is 0 Å². The van der Waals surface area contributed by atoms with Crippen LogP contribution in [0.2, 0.25) is 0 Å². The Morgan fingerprint density at radius 2 is 2.00 bits per heavy atom. The molecule has 1 atom stereocenters.